The summed E-state index contributed by atoms with van der Waals surface area (Å²) in [4.78, 5) is 12.9. The number of aromatic nitrogens is 2. The van der Waals surface area contributed by atoms with Crippen LogP contribution in [0.25, 0.3) is 0 Å². The molecule has 2 aromatic carbocycles. The van der Waals surface area contributed by atoms with Crippen LogP contribution >= 0.6 is 11.6 Å². The summed E-state index contributed by atoms with van der Waals surface area (Å²) in [5.41, 5.74) is 5.46. The molecule has 4 rings (SSSR count). The molecule has 0 aliphatic carbocycles. The van der Waals surface area contributed by atoms with Crippen molar-refractivity contribution >= 4 is 17.9 Å². The second-order valence-electron chi connectivity index (χ2n) is 11.1. The van der Waals surface area contributed by atoms with Crippen molar-refractivity contribution < 1.29 is 9.18 Å². The molecule has 1 fully saturated rings. The maximum atomic E-state index is 12.5. The van der Waals surface area contributed by atoms with E-state index in [0.29, 0.717) is 16.3 Å². The Bertz CT molecular complexity index is 1220. The third-order valence-electron chi connectivity index (χ3n) is 6.37. The highest BCUT2D eigenvalue weighted by Gasteiger charge is 2.18. The molecule has 0 radical (unpaired) electrons. The molecule has 1 atom stereocenters. The molecular formula is C32H44ClFN4O. The second-order valence-corrected chi connectivity index (χ2v) is 11.5. The maximum absolute atomic E-state index is 12.5. The molecule has 1 aromatic heterocycles. The number of rotatable bonds is 2. The van der Waals surface area contributed by atoms with Gasteiger partial charge in [-0.2, -0.15) is 10.4 Å². The minimum absolute atomic E-state index is 0.0129. The Labute approximate surface area is 239 Å². The molecule has 7 heteroatoms. The summed E-state index contributed by atoms with van der Waals surface area (Å²) in [6.07, 6.45) is 3.13. The van der Waals surface area contributed by atoms with Gasteiger partial charge < -0.3 is 4.90 Å². The van der Waals surface area contributed by atoms with Crippen LogP contribution in [-0.4, -0.2) is 41.1 Å². The Morgan fingerprint density at radius 2 is 1.82 bits per heavy atom. The first-order valence-corrected chi connectivity index (χ1v) is 13.7. The highest BCUT2D eigenvalue weighted by molar-refractivity contribution is 6.31. The van der Waals surface area contributed by atoms with E-state index in [4.69, 9.17) is 16.9 Å². The standard InChI is InChI=1S/C9H11F.C9H14N2O.C8H6ClN.C6H13N/c1-3-8-6-9(10)5-4-7(8)2;1-9(2,3)8-5-7(6-12)11(4)10-8;1-6-2-3-7(5-10)8(9)4-6;1-6-3-4-7(2)5-6/h4-6H,3H2,1-2H3;5-6H,1-4H3;2-4H,1H3;6H,3-5H2,1-2H3. The van der Waals surface area contributed by atoms with Crippen molar-refractivity contribution in [3.63, 3.8) is 0 Å². The highest BCUT2D eigenvalue weighted by Crippen LogP contribution is 2.20. The van der Waals surface area contributed by atoms with E-state index >= 15 is 0 Å². The molecule has 39 heavy (non-hydrogen) atoms. The van der Waals surface area contributed by atoms with Crippen molar-refractivity contribution in [3.8, 4) is 6.07 Å². The smallest absolute Gasteiger partial charge is 0.168 e. The van der Waals surface area contributed by atoms with Crippen LogP contribution < -0.4 is 0 Å². The number of nitrogens with zero attached hydrogens (tertiary/aromatic N) is 4. The molecule has 5 nitrogen and oxygen atoms in total. The van der Waals surface area contributed by atoms with Crippen LogP contribution in [0, 0.1) is 36.9 Å². The summed E-state index contributed by atoms with van der Waals surface area (Å²) >= 11 is 5.71. The largest absolute Gasteiger partial charge is 0.306 e. The summed E-state index contributed by atoms with van der Waals surface area (Å²) in [5, 5.41) is 13.2. The molecule has 1 unspecified atom stereocenters. The lowest BCUT2D eigenvalue weighted by molar-refractivity contribution is 0.111. The molecule has 0 N–H and O–H groups in total. The average molecular weight is 555 g/mol. The summed E-state index contributed by atoms with van der Waals surface area (Å²) < 4.78 is 14.1. The topological polar surface area (TPSA) is 61.9 Å². The highest BCUT2D eigenvalue weighted by atomic mass is 35.5. The SMILES string of the molecule is CC1CCN(C)C1.CCc1cc(F)ccc1C.Cc1ccc(C#N)c(Cl)c1.Cn1nc(C(C)(C)C)cc1C=O. The fraction of sp³-hybridized carbons (Fsp3) is 0.469. The number of aryl methyl sites for hydroxylation is 4. The fourth-order valence-corrected chi connectivity index (χ4v) is 4.12. The van der Waals surface area contributed by atoms with Gasteiger partial charge in [0.05, 0.1) is 16.3 Å². The molecular weight excluding hydrogens is 511 g/mol. The lowest BCUT2D eigenvalue weighted by Crippen LogP contribution is -2.12. The van der Waals surface area contributed by atoms with Crippen LogP contribution in [0.3, 0.4) is 0 Å². The quantitative estimate of drug-likeness (QED) is 0.304. The van der Waals surface area contributed by atoms with Crippen LogP contribution in [0.5, 0.6) is 0 Å². The molecule has 1 aliphatic heterocycles. The third-order valence-corrected chi connectivity index (χ3v) is 6.68. The molecule has 3 aromatic rings. The van der Waals surface area contributed by atoms with Crippen molar-refractivity contribution in [1.82, 2.24) is 14.7 Å². The summed E-state index contributed by atoms with van der Waals surface area (Å²) in [5.74, 6) is 0.812. The summed E-state index contributed by atoms with van der Waals surface area (Å²) in [6, 6.07) is 14.1. The number of aldehydes is 1. The van der Waals surface area contributed by atoms with Gasteiger partial charge in [0.1, 0.15) is 17.6 Å². The molecule has 0 bridgehead atoms. The Hall–Kier alpha value is -3.01. The lowest BCUT2D eigenvalue weighted by atomic mass is 9.92. The Balaban J connectivity index is 0.000000264. The Kier molecular flexibility index (Phi) is 14.1. The number of hydrogen-bond donors (Lipinski definition) is 0. The molecule has 212 valence electrons. The zero-order chi connectivity index (χ0) is 29.8. The van der Waals surface area contributed by atoms with E-state index in [1.807, 2.05) is 45.0 Å². The maximum Gasteiger partial charge on any atom is 0.168 e. The van der Waals surface area contributed by atoms with E-state index in [2.05, 4.69) is 44.7 Å². The number of likely N-dealkylation sites (tertiary alicyclic amines) is 1. The van der Waals surface area contributed by atoms with Crippen LogP contribution in [-0.2, 0) is 18.9 Å². The molecule has 2 heterocycles. The number of benzene rings is 2. The van der Waals surface area contributed by atoms with E-state index in [1.54, 1.807) is 29.9 Å². The van der Waals surface area contributed by atoms with Gasteiger partial charge >= 0.3 is 0 Å². The molecule has 0 saturated carbocycles. The first-order valence-electron chi connectivity index (χ1n) is 13.3. The Morgan fingerprint density at radius 1 is 1.15 bits per heavy atom. The van der Waals surface area contributed by atoms with Gasteiger partial charge in [0.2, 0.25) is 0 Å². The van der Waals surface area contributed by atoms with Crippen molar-refractivity contribution in [1.29, 1.82) is 5.26 Å². The van der Waals surface area contributed by atoms with Crippen LogP contribution in [0.4, 0.5) is 4.39 Å². The minimum atomic E-state index is -0.137. The molecule has 1 aliphatic rings. The van der Waals surface area contributed by atoms with E-state index < -0.39 is 0 Å². The van der Waals surface area contributed by atoms with Crippen molar-refractivity contribution in [3.05, 3.63) is 86.9 Å². The monoisotopic (exact) mass is 554 g/mol. The summed E-state index contributed by atoms with van der Waals surface area (Å²) in [6.45, 7) is 17.1. The van der Waals surface area contributed by atoms with Gasteiger partial charge in [-0.15, -0.1) is 0 Å². The van der Waals surface area contributed by atoms with Gasteiger partial charge in [-0.3, -0.25) is 9.48 Å². The van der Waals surface area contributed by atoms with Crippen LogP contribution in [0.1, 0.15) is 79.5 Å². The van der Waals surface area contributed by atoms with Gasteiger partial charge in [0.25, 0.3) is 0 Å². The van der Waals surface area contributed by atoms with Crippen LogP contribution in [0.2, 0.25) is 5.02 Å². The number of halogens is 2. The predicted octanol–water partition coefficient (Wildman–Crippen LogP) is 7.70. The van der Waals surface area contributed by atoms with Gasteiger partial charge in [-0.1, -0.05) is 58.4 Å². The van der Waals surface area contributed by atoms with E-state index in [1.165, 1.54) is 31.1 Å². The summed E-state index contributed by atoms with van der Waals surface area (Å²) in [7, 11) is 3.96. The lowest BCUT2D eigenvalue weighted by Gasteiger charge is -2.13. The van der Waals surface area contributed by atoms with Gasteiger partial charge in [0, 0.05) is 19.0 Å². The second kappa shape index (κ2) is 16.2. The number of hydrogen-bond acceptors (Lipinski definition) is 4. The fourth-order valence-electron chi connectivity index (χ4n) is 3.85. The number of carbonyl (C=O) groups is 1. The third kappa shape index (κ3) is 12.1. The predicted molar refractivity (Wildman–Crippen MR) is 160 cm³/mol. The van der Waals surface area contributed by atoms with Crippen LogP contribution in [0.15, 0.2) is 42.5 Å². The van der Waals surface area contributed by atoms with Crippen molar-refractivity contribution in [2.75, 3.05) is 20.1 Å². The molecule has 0 spiro atoms. The zero-order valence-corrected chi connectivity index (χ0v) is 25.7. The molecule has 0 amide bonds. The normalized spacial score (nSPS) is 14.6. The number of nitriles is 1. The van der Waals surface area contributed by atoms with Gasteiger partial charge in [-0.05, 0) is 93.2 Å². The first-order chi connectivity index (χ1) is 18.2. The van der Waals surface area contributed by atoms with Gasteiger partial charge in [0.15, 0.2) is 6.29 Å². The van der Waals surface area contributed by atoms with E-state index in [-0.39, 0.29) is 11.2 Å². The molecule has 1 saturated heterocycles. The van der Waals surface area contributed by atoms with Crippen molar-refractivity contribution in [2.24, 2.45) is 13.0 Å². The Morgan fingerprint density at radius 3 is 2.18 bits per heavy atom. The van der Waals surface area contributed by atoms with E-state index in [9.17, 15) is 9.18 Å². The van der Waals surface area contributed by atoms with Gasteiger partial charge in [-0.25, -0.2) is 4.39 Å². The minimum Gasteiger partial charge on any atom is -0.306 e. The van der Waals surface area contributed by atoms with E-state index in [0.717, 1.165) is 35.4 Å². The first kappa shape index (κ1) is 34.0. The zero-order valence-electron chi connectivity index (χ0n) is 25.0. The number of carbonyl (C=O) groups excluding carboxylic acids is 1. The average Bonchev–Trinajstić information content (AvgIpc) is 3.45. The van der Waals surface area contributed by atoms with Crippen molar-refractivity contribution in [2.45, 2.75) is 66.7 Å².